The van der Waals surface area contributed by atoms with E-state index in [1.165, 1.54) is 23.3 Å². The van der Waals surface area contributed by atoms with Crippen LogP contribution in [0.15, 0.2) is 48.5 Å². The van der Waals surface area contributed by atoms with Crippen molar-refractivity contribution < 1.29 is 4.39 Å². The lowest BCUT2D eigenvalue weighted by molar-refractivity contribution is 0.623. The predicted molar refractivity (Wildman–Crippen MR) is 82.3 cm³/mol. The molecule has 0 aliphatic heterocycles. The lowest BCUT2D eigenvalue weighted by Gasteiger charge is -2.13. The van der Waals surface area contributed by atoms with E-state index in [0.29, 0.717) is 5.92 Å². The Bertz CT molecular complexity index is 528. The molecule has 106 valence electrons. The second kappa shape index (κ2) is 6.67. The minimum Gasteiger partial charge on any atom is -0.327 e. The summed E-state index contributed by atoms with van der Waals surface area (Å²) in [6.45, 7) is 4.38. The molecule has 1 unspecified atom stereocenters. The first-order valence-electron chi connectivity index (χ1n) is 7.13. The van der Waals surface area contributed by atoms with Crippen LogP contribution in [0.4, 0.5) is 4.39 Å². The van der Waals surface area contributed by atoms with Gasteiger partial charge in [0.25, 0.3) is 0 Å². The number of rotatable bonds is 5. The zero-order valence-electron chi connectivity index (χ0n) is 12.1. The van der Waals surface area contributed by atoms with Crippen LogP contribution in [0.3, 0.4) is 0 Å². The van der Waals surface area contributed by atoms with E-state index in [9.17, 15) is 4.39 Å². The average molecular weight is 271 g/mol. The van der Waals surface area contributed by atoms with Crippen LogP contribution < -0.4 is 5.73 Å². The van der Waals surface area contributed by atoms with Crippen LogP contribution in [-0.4, -0.2) is 6.04 Å². The van der Waals surface area contributed by atoms with Crippen LogP contribution >= 0.6 is 0 Å². The number of hydrogen-bond acceptors (Lipinski definition) is 1. The highest BCUT2D eigenvalue weighted by Crippen LogP contribution is 2.16. The van der Waals surface area contributed by atoms with Crippen molar-refractivity contribution in [3.8, 4) is 0 Å². The van der Waals surface area contributed by atoms with E-state index >= 15 is 0 Å². The Labute approximate surface area is 120 Å². The summed E-state index contributed by atoms with van der Waals surface area (Å²) >= 11 is 0. The zero-order chi connectivity index (χ0) is 14.5. The number of nitrogens with two attached hydrogens (primary N) is 1. The highest BCUT2D eigenvalue weighted by Gasteiger charge is 2.06. The molecule has 0 aromatic heterocycles. The Morgan fingerprint density at radius 3 is 1.75 bits per heavy atom. The van der Waals surface area contributed by atoms with Crippen molar-refractivity contribution in [2.24, 2.45) is 5.73 Å². The molecule has 0 bridgehead atoms. The van der Waals surface area contributed by atoms with Gasteiger partial charge >= 0.3 is 0 Å². The van der Waals surface area contributed by atoms with Crippen molar-refractivity contribution in [2.45, 2.75) is 38.6 Å². The molecule has 0 fully saturated rings. The summed E-state index contributed by atoms with van der Waals surface area (Å²) < 4.78 is 12.8. The second-order valence-corrected chi connectivity index (χ2v) is 5.69. The zero-order valence-corrected chi connectivity index (χ0v) is 12.1. The van der Waals surface area contributed by atoms with Crippen molar-refractivity contribution in [2.75, 3.05) is 0 Å². The second-order valence-electron chi connectivity index (χ2n) is 5.69. The largest absolute Gasteiger partial charge is 0.327 e. The Balaban J connectivity index is 1.93. The van der Waals surface area contributed by atoms with Crippen LogP contribution in [-0.2, 0) is 12.8 Å². The van der Waals surface area contributed by atoms with Crippen molar-refractivity contribution in [3.63, 3.8) is 0 Å². The summed E-state index contributed by atoms with van der Waals surface area (Å²) in [5, 5.41) is 0. The van der Waals surface area contributed by atoms with E-state index in [4.69, 9.17) is 5.73 Å². The monoisotopic (exact) mass is 271 g/mol. The standard InChI is InChI=1S/C18H22FN/c1-13(2)16-7-3-14(4-8-16)11-18(20)12-15-5-9-17(19)10-6-15/h3-10,13,18H,11-12,20H2,1-2H3. The SMILES string of the molecule is CC(C)c1ccc(CC(N)Cc2ccc(F)cc2)cc1. The van der Waals surface area contributed by atoms with Crippen LogP contribution in [0.1, 0.15) is 36.5 Å². The summed E-state index contributed by atoms with van der Waals surface area (Å²) in [7, 11) is 0. The molecule has 0 heterocycles. The first-order valence-corrected chi connectivity index (χ1v) is 7.13. The third kappa shape index (κ3) is 4.17. The number of benzene rings is 2. The van der Waals surface area contributed by atoms with E-state index in [2.05, 4.69) is 38.1 Å². The van der Waals surface area contributed by atoms with Crippen molar-refractivity contribution in [1.82, 2.24) is 0 Å². The summed E-state index contributed by atoms with van der Waals surface area (Å²) in [6.07, 6.45) is 1.61. The molecule has 1 atom stereocenters. The van der Waals surface area contributed by atoms with Gasteiger partial charge in [-0.05, 0) is 47.6 Å². The van der Waals surface area contributed by atoms with E-state index < -0.39 is 0 Å². The Morgan fingerprint density at radius 2 is 1.30 bits per heavy atom. The molecular weight excluding hydrogens is 249 g/mol. The maximum Gasteiger partial charge on any atom is 0.123 e. The molecule has 2 rings (SSSR count). The van der Waals surface area contributed by atoms with Crippen LogP contribution in [0.25, 0.3) is 0 Å². The highest BCUT2D eigenvalue weighted by molar-refractivity contribution is 5.26. The van der Waals surface area contributed by atoms with Crippen LogP contribution in [0.5, 0.6) is 0 Å². The summed E-state index contributed by atoms with van der Waals surface area (Å²) in [5.74, 6) is 0.350. The van der Waals surface area contributed by atoms with Gasteiger partial charge in [0.15, 0.2) is 0 Å². The molecular formula is C18H22FN. The molecule has 1 nitrogen and oxygen atoms in total. The van der Waals surface area contributed by atoms with Gasteiger partial charge in [0.2, 0.25) is 0 Å². The maximum atomic E-state index is 12.8. The third-order valence-corrected chi connectivity index (χ3v) is 3.56. The quantitative estimate of drug-likeness (QED) is 0.872. The van der Waals surface area contributed by atoms with Gasteiger partial charge in [0.1, 0.15) is 5.82 Å². The van der Waals surface area contributed by atoms with Gasteiger partial charge in [-0.2, -0.15) is 0 Å². The fourth-order valence-corrected chi connectivity index (χ4v) is 2.34. The van der Waals surface area contributed by atoms with E-state index in [1.807, 2.05) is 0 Å². The molecule has 2 aromatic rings. The van der Waals surface area contributed by atoms with Crippen molar-refractivity contribution in [3.05, 3.63) is 71.0 Å². The first-order chi connectivity index (χ1) is 9.54. The van der Waals surface area contributed by atoms with Gasteiger partial charge < -0.3 is 5.73 Å². The van der Waals surface area contributed by atoms with Gasteiger partial charge in [-0.25, -0.2) is 4.39 Å². The van der Waals surface area contributed by atoms with Gasteiger partial charge in [0.05, 0.1) is 0 Å². The minimum absolute atomic E-state index is 0.0605. The van der Waals surface area contributed by atoms with Gasteiger partial charge in [0, 0.05) is 6.04 Å². The summed E-state index contributed by atoms with van der Waals surface area (Å²) in [5.41, 5.74) is 9.86. The van der Waals surface area contributed by atoms with Gasteiger partial charge in [-0.1, -0.05) is 50.2 Å². The van der Waals surface area contributed by atoms with E-state index in [1.54, 1.807) is 12.1 Å². The molecule has 0 spiro atoms. The highest BCUT2D eigenvalue weighted by atomic mass is 19.1. The maximum absolute atomic E-state index is 12.8. The molecule has 0 saturated heterocycles. The van der Waals surface area contributed by atoms with Crippen molar-refractivity contribution >= 4 is 0 Å². The number of hydrogen-bond donors (Lipinski definition) is 1. The lowest BCUT2D eigenvalue weighted by atomic mass is 9.97. The van der Waals surface area contributed by atoms with Crippen LogP contribution in [0, 0.1) is 5.82 Å². The third-order valence-electron chi connectivity index (χ3n) is 3.56. The Morgan fingerprint density at radius 1 is 0.850 bits per heavy atom. The van der Waals surface area contributed by atoms with E-state index in [-0.39, 0.29) is 11.9 Å². The summed E-state index contributed by atoms with van der Waals surface area (Å²) in [6, 6.07) is 15.3. The fraction of sp³-hybridized carbons (Fsp3) is 0.333. The lowest BCUT2D eigenvalue weighted by Crippen LogP contribution is -2.25. The molecule has 0 aliphatic carbocycles. The predicted octanol–water partition coefficient (Wildman–Crippen LogP) is 4.06. The summed E-state index contributed by atoms with van der Waals surface area (Å²) in [4.78, 5) is 0. The normalized spacial score (nSPS) is 12.7. The molecule has 2 N–H and O–H groups in total. The fourth-order valence-electron chi connectivity index (χ4n) is 2.34. The Hall–Kier alpha value is -1.67. The molecule has 2 aromatic carbocycles. The minimum atomic E-state index is -0.202. The molecule has 0 saturated carbocycles. The molecule has 2 heteroatoms. The molecule has 0 amide bonds. The van der Waals surface area contributed by atoms with Crippen molar-refractivity contribution in [1.29, 1.82) is 0 Å². The smallest absolute Gasteiger partial charge is 0.123 e. The average Bonchev–Trinajstić information content (AvgIpc) is 2.42. The number of halogens is 1. The topological polar surface area (TPSA) is 26.0 Å². The first kappa shape index (κ1) is 14.7. The van der Waals surface area contributed by atoms with Gasteiger partial charge in [-0.15, -0.1) is 0 Å². The Kier molecular flexibility index (Phi) is 4.91. The molecule has 0 aliphatic rings. The molecule has 0 radical (unpaired) electrons. The van der Waals surface area contributed by atoms with Crippen LogP contribution in [0.2, 0.25) is 0 Å². The van der Waals surface area contributed by atoms with E-state index in [0.717, 1.165) is 18.4 Å². The molecule has 20 heavy (non-hydrogen) atoms. The van der Waals surface area contributed by atoms with Gasteiger partial charge in [-0.3, -0.25) is 0 Å².